The average Bonchev–Trinajstić information content (AvgIpc) is 2.62. The summed E-state index contributed by atoms with van der Waals surface area (Å²) in [5.74, 6) is 0.616. The van der Waals surface area contributed by atoms with Crippen LogP contribution in [0, 0.1) is 5.92 Å². The number of Topliss-reactive ketones (excluding diaryl/α,β-unsaturated/α-hetero) is 1. The highest BCUT2D eigenvalue weighted by molar-refractivity contribution is 5.91. The van der Waals surface area contributed by atoms with E-state index in [1.807, 2.05) is 13.8 Å². The van der Waals surface area contributed by atoms with Crippen LogP contribution in [0.15, 0.2) is 12.2 Å². The van der Waals surface area contributed by atoms with E-state index in [9.17, 15) is 4.79 Å². The zero-order valence-corrected chi connectivity index (χ0v) is 7.59. The van der Waals surface area contributed by atoms with Crippen LogP contribution in [-0.4, -0.2) is 17.5 Å². The molecule has 3 atom stereocenters. The van der Waals surface area contributed by atoms with Gasteiger partial charge >= 0.3 is 0 Å². The summed E-state index contributed by atoms with van der Waals surface area (Å²) in [5, 5.41) is 0. The quantitative estimate of drug-likeness (QED) is 0.438. The Morgan fingerprint density at radius 1 is 1.75 bits per heavy atom. The summed E-state index contributed by atoms with van der Waals surface area (Å²) < 4.78 is 5.37. The van der Waals surface area contributed by atoms with Crippen LogP contribution in [0.1, 0.15) is 26.7 Å². The van der Waals surface area contributed by atoms with E-state index in [-0.39, 0.29) is 11.9 Å². The highest BCUT2D eigenvalue weighted by Crippen LogP contribution is 2.48. The zero-order chi connectivity index (χ0) is 8.93. The van der Waals surface area contributed by atoms with Crippen molar-refractivity contribution in [3.8, 4) is 0 Å². The third kappa shape index (κ3) is 0.944. The van der Waals surface area contributed by atoms with E-state index in [1.54, 1.807) is 0 Å². The molecular weight excluding hydrogens is 152 g/mol. The normalized spacial score (nSPS) is 45.3. The van der Waals surface area contributed by atoms with Crippen molar-refractivity contribution in [2.75, 3.05) is 0 Å². The van der Waals surface area contributed by atoms with Crippen molar-refractivity contribution in [3.63, 3.8) is 0 Å². The fourth-order valence-electron chi connectivity index (χ4n) is 1.92. The monoisotopic (exact) mass is 166 g/mol. The first-order valence-electron chi connectivity index (χ1n) is 4.40. The maximum atomic E-state index is 11.5. The highest BCUT2D eigenvalue weighted by atomic mass is 16.6. The number of hydrogen-bond acceptors (Lipinski definition) is 2. The van der Waals surface area contributed by atoms with E-state index in [4.69, 9.17) is 4.74 Å². The molecule has 0 aromatic carbocycles. The molecule has 2 fully saturated rings. The molecular formula is C10H14O2. The van der Waals surface area contributed by atoms with Crippen LogP contribution in [0.2, 0.25) is 0 Å². The van der Waals surface area contributed by atoms with E-state index in [1.165, 1.54) is 0 Å². The molecule has 2 heteroatoms. The lowest BCUT2D eigenvalue weighted by molar-refractivity contribution is -0.124. The minimum absolute atomic E-state index is 0.181. The van der Waals surface area contributed by atoms with Gasteiger partial charge < -0.3 is 4.74 Å². The van der Waals surface area contributed by atoms with Crippen molar-refractivity contribution >= 4 is 5.78 Å². The van der Waals surface area contributed by atoms with Gasteiger partial charge in [-0.3, -0.25) is 4.79 Å². The first kappa shape index (κ1) is 7.99. The van der Waals surface area contributed by atoms with Gasteiger partial charge in [0.2, 0.25) is 0 Å². The molecule has 2 nitrogen and oxygen atoms in total. The van der Waals surface area contributed by atoms with Gasteiger partial charge in [0, 0.05) is 6.42 Å². The van der Waals surface area contributed by atoms with Crippen molar-refractivity contribution in [1.29, 1.82) is 0 Å². The summed E-state index contributed by atoms with van der Waals surface area (Å²) in [5.41, 5.74) is 0.701. The topological polar surface area (TPSA) is 29.6 Å². The molecule has 1 unspecified atom stereocenters. The largest absolute Gasteiger partial charge is 0.358 e. The smallest absolute Gasteiger partial charge is 0.167 e. The second-order valence-electron chi connectivity index (χ2n) is 4.12. The van der Waals surface area contributed by atoms with Gasteiger partial charge in [-0.05, 0) is 26.2 Å². The van der Waals surface area contributed by atoms with Gasteiger partial charge in [0.25, 0.3) is 0 Å². The van der Waals surface area contributed by atoms with Gasteiger partial charge in [0.1, 0.15) is 5.60 Å². The number of allylic oxidation sites excluding steroid dienone is 1. The molecule has 2 rings (SSSR count). The molecule has 0 radical (unpaired) electrons. The molecule has 1 aliphatic carbocycles. The van der Waals surface area contributed by atoms with E-state index in [2.05, 4.69) is 6.58 Å². The Labute approximate surface area is 72.6 Å². The van der Waals surface area contributed by atoms with Gasteiger partial charge in [0.05, 0.1) is 6.10 Å². The predicted octanol–water partition coefficient (Wildman–Crippen LogP) is 1.70. The van der Waals surface area contributed by atoms with Crippen LogP contribution >= 0.6 is 0 Å². The van der Waals surface area contributed by atoms with Gasteiger partial charge in [-0.1, -0.05) is 12.2 Å². The Morgan fingerprint density at radius 2 is 2.42 bits per heavy atom. The summed E-state index contributed by atoms with van der Waals surface area (Å²) in [6.45, 7) is 7.77. The SMILES string of the molecule is C=C(C)[C@@H]1CC(=O)[C@@]2(C)OC2C1. The maximum Gasteiger partial charge on any atom is 0.167 e. The second kappa shape index (κ2) is 2.19. The average molecular weight is 166 g/mol. The summed E-state index contributed by atoms with van der Waals surface area (Å²) in [7, 11) is 0. The van der Waals surface area contributed by atoms with Crippen LogP contribution in [0.5, 0.6) is 0 Å². The first-order valence-corrected chi connectivity index (χ1v) is 4.40. The number of ether oxygens (including phenoxy) is 1. The minimum Gasteiger partial charge on any atom is -0.358 e. The third-order valence-electron chi connectivity index (χ3n) is 3.13. The first-order chi connectivity index (χ1) is 5.54. The standard InChI is InChI=1S/C10H14O2/c1-6(2)7-4-8(11)10(3)9(5-7)12-10/h7,9H,1,4-5H2,2-3H3/t7-,9?,10-/m1/s1. The summed E-state index contributed by atoms with van der Waals surface area (Å²) in [6, 6.07) is 0. The van der Waals surface area contributed by atoms with E-state index in [0.29, 0.717) is 12.3 Å². The molecule has 0 spiro atoms. The molecule has 12 heavy (non-hydrogen) atoms. The predicted molar refractivity (Wildman–Crippen MR) is 45.8 cm³/mol. The lowest BCUT2D eigenvalue weighted by Crippen LogP contribution is -2.32. The minimum atomic E-state index is -0.411. The molecule has 0 N–H and O–H groups in total. The van der Waals surface area contributed by atoms with Crippen LogP contribution in [0.25, 0.3) is 0 Å². The Balaban J connectivity index is 2.12. The van der Waals surface area contributed by atoms with Crippen LogP contribution in [0.4, 0.5) is 0 Å². The number of fused-ring (bicyclic) bond motifs is 1. The third-order valence-corrected chi connectivity index (χ3v) is 3.13. The molecule has 1 saturated carbocycles. The van der Waals surface area contributed by atoms with Crippen LogP contribution in [-0.2, 0) is 9.53 Å². The molecule has 1 heterocycles. The van der Waals surface area contributed by atoms with Gasteiger partial charge in [-0.25, -0.2) is 0 Å². The van der Waals surface area contributed by atoms with Crippen molar-refractivity contribution in [3.05, 3.63) is 12.2 Å². The number of carbonyl (C=O) groups is 1. The zero-order valence-electron chi connectivity index (χ0n) is 7.59. The summed E-state index contributed by atoms with van der Waals surface area (Å²) >= 11 is 0. The van der Waals surface area contributed by atoms with Gasteiger partial charge in [-0.15, -0.1) is 0 Å². The highest BCUT2D eigenvalue weighted by Gasteiger charge is 2.61. The number of epoxide rings is 1. The number of rotatable bonds is 1. The molecule has 1 saturated heterocycles. The summed E-state index contributed by atoms with van der Waals surface area (Å²) in [4.78, 5) is 11.5. The summed E-state index contributed by atoms with van der Waals surface area (Å²) in [6.07, 6.45) is 1.79. The number of carbonyl (C=O) groups excluding carboxylic acids is 1. The Morgan fingerprint density at radius 3 is 2.92 bits per heavy atom. The maximum absolute atomic E-state index is 11.5. The molecule has 0 aromatic rings. The number of ketones is 1. The molecule has 2 aliphatic rings. The lowest BCUT2D eigenvalue weighted by atomic mass is 9.79. The van der Waals surface area contributed by atoms with Crippen LogP contribution in [0.3, 0.4) is 0 Å². The van der Waals surface area contributed by atoms with Crippen molar-refractivity contribution in [2.45, 2.75) is 38.4 Å². The molecule has 0 amide bonds. The van der Waals surface area contributed by atoms with E-state index < -0.39 is 5.60 Å². The number of hydrogen-bond donors (Lipinski definition) is 0. The Bertz CT molecular complexity index is 257. The molecule has 0 aromatic heterocycles. The Kier molecular flexibility index (Phi) is 1.46. The fourth-order valence-corrected chi connectivity index (χ4v) is 1.92. The van der Waals surface area contributed by atoms with Crippen molar-refractivity contribution in [2.24, 2.45) is 5.92 Å². The van der Waals surface area contributed by atoms with E-state index >= 15 is 0 Å². The fraction of sp³-hybridized carbons (Fsp3) is 0.700. The second-order valence-corrected chi connectivity index (χ2v) is 4.12. The lowest BCUT2D eigenvalue weighted by Gasteiger charge is -2.21. The molecule has 0 bridgehead atoms. The molecule has 1 aliphatic heterocycles. The van der Waals surface area contributed by atoms with Crippen molar-refractivity contribution < 1.29 is 9.53 Å². The Hall–Kier alpha value is -0.630. The van der Waals surface area contributed by atoms with Gasteiger partial charge in [0.15, 0.2) is 5.78 Å². The van der Waals surface area contributed by atoms with Crippen LogP contribution < -0.4 is 0 Å². The van der Waals surface area contributed by atoms with E-state index in [0.717, 1.165) is 12.0 Å². The van der Waals surface area contributed by atoms with Crippen molar-refractivity contribution in [1.82, 2.24) is 0 Å². The molecule has 66 valence electrons. The van der Waals surface area contributed by atoms with Gasteiger partial charge in [-0.2, -0.15) is 0 Å².